The summed E-state index contributed by atoms with van der Waals surface area (Å²) in [5.41, 5.74) is 0.358. The van der Waals surface area contributed by atoms with Crippen molar-refractivity contribution < 1.29 is 14.3 Å². The molecule has 1 amide bonds. The van der Waals surface area contributed by atoms with Crippen LogP contribution in [0.3, 0.4) is 0 Å². The number of halogens is 2. The standard InChI is InChI=1S/C17H23ClN2O3.ClH/c1-22-17(6-8-19-9-7-17)16(21)20-10-11-23-15(12-20)13-2-4-14(18)5-3-13;/h2-5,15,19H,6-12H2,1H3;1H. The highest BCUT2D eigenvalue weighted by atomic mass is 35.5. The van der Waals surface area contributed by atoms with Crippen LogP contribution < -0.4 is 5.32 Å². The van der Waals surface area contributed by atoms with E-state index in [1.54, 1.807) is 7.11 Å². The molecule has 1 N–H and O–H groups in total. The zero-order chi connectivity index (χ0) is 16.3. The van der Waals surface area contributed by atoms with Crippen molar-refractivity contribution in [1.29, 1.82) is 0 Å². The number of nitrogens with one attached hydrogen (secondary N) is 1. The van der Waals surface area contributed by atoms with E-state index >= 15 is 0 Å². The summed E-state index contributed by atoms with van der Waals surface area (Å²) in [4.78, 5) is 14.9. The first-order chi connectivity index (χ1) is 11.1. The molecule has 2 aliphatic heterocycles. The third-order valence-electron chi connectivity index (χ3n) is 4.79. The van der Waals surface area contributed by atoms with E-state index in [1.165, 1.54) is 0 Å². The maximum absolute atomic E-state index is 13.0. The normalized spacial score (nSPS) is 23.4. The van der Waals surface area contributed by atoms with Crippen LogP contribution in [0.1, 0.15) is 24.5 Å². The molecule has 1 aromatic carbocycles. The summed E-state index contributed by atoms with van der Waals surface area (Å²) >= 11 is 5.94. The number of methoxy groups -OCH3 is 1. The molecule has 2 fully saturated rings. The van der Waals surface area contributed by atoms with Crippen LogP contribution in [0.5, 0.6) is 0 Å². The summed E-state index contributed by atoms with van der Waals surface area (Å²) in [6.45, 7) is 3.33. The lowest BCUT2D eigenvalue weighted by Gasteiger charge is -2.41. The molecular weight excluding hydrogens is 351 g/mol. The van der Waals surface area contributed by atoms with Crippen LogP contribution in [0.4, 0.5) is 0 Å². The number of piperidine rings is 1. The zero-order valence-electron chi connectivity index (χ0n) is 13.8. The first-order valence-corrected chi connectivity index (χ1v) is 8.45. The van der Waals surface area contributed by atoms with Gasteiger partial charge in [-0.3, -0.25) is 4.79 Å². The molecule has 2 aliphatic rings. The predicted octanol–water partition coefficient (Wildman–Crippen LogP) is 2.43. The Hall–Kier alpha value is -0.850. The molecule has 3 rings (SSSR count). The number of ether oxygens (including phenoxy) is 2. The molecule has 24 heavy (non-hydrogen) atoms. The number of morpholine rings is 1. The van der Waals surface area contributed by atoms with Crippen molar-refractivity contribution in [3.05, 3.63) is 34.9 Å². The second-order valence-corrected chi connectivity index (χ2v) is 6.55. The molecule has 1 atom stereocenters. The summed E-state index contributed by atoms with van der Waals surface area (Å²) < 4.78 is 11.5. The van der Waals surface area contributed by atoms with Gasteiger partial charge < -0.3 is 19.7 Å². The average Bonchev–Trinajstić information content (AvgIpc) is 2.62. The van der Waals surface area contributed by atoms with Gasteiger partial charge in [-0.25, -0.2) is 0 Å². The van der Waals surface area contributed by atoms with Crippen molar-refractivity contribution in [3.63, 3.8) is 0 Å². The molecule has 2 saturated heterocycles. The SMILES string of the molecule is COC1(C(=O)N2CCOC(c3ccc(Cl)cc3)C2)CCNCC1.Cl. The number of nitrogens with zero attached hydrogens (tertiary/aromatic N) is 1. The summed E-state index contributed by atoms with van der Waals surface area (Å²) in [6, 6.07) is 7.62. The van der Waals surface area contributed by atoms with Gasteiger partial charge in [-0.15, -0.1) is 12.4 Å². The minimum atomic E-state index is -0.687. The van der Waals surface area contributed by atoms with Crippen LogP contribution >= 0.6 is 24.0 Å². The summed E-state index contributed by atoms with van der Waals surface area (Å²) in [5.74, 6) is 0.0868. The Bertz CT molecular complexity index is 547. The molecule has 1 unspecified atom stereocenters. The fourth-order valence-electron chi connectivity index (χ4n) is 3.34. The van der Waals surface area contributed by atoms with Gasteiger partial charge in [-0.1, -0.05) is 23.7 Å². The smallest absolute Gasteiger partial charge is 0.255 e. The molecular formula is C17H24Cl2N2O3. The molecule has 0 spiro atoms. The Morgan fingerprint density at radius 2 is 2.00 bits per heavy atom. The van der Waals surface area contributed by atoms with E-state index < -0.39 is 5.60 Å². The van der Waals surface area contributed by atoms with Crippen molar-refractivity contribution in [2.75, 3.05) is 39.9 Å². The lowest BCUT2D eigenvalue weighted by molar-refractivity contribution is -0.165. The minimum absolute atomic E-state index is 0. The molecule has 0 aliphatic carbocycles. The second-order valence-electron chi connectivity index (χ2n) is 6.11. The number of carbonyl (C=O) groups is 1. The van der Waals surface area contributed by atoms with Crippen LogP contribution in [0.25, 0.3) is 0 Å². The fraction of sp³-hybridized carbons (Fsp3) is 0.588. The van der Waals surface area contributed by atoms with Gasteiger partial charge in [-0.05, 0) is 43.6 Å². The monoisotopic (exact) mass is 374 g/mol. The Morgan fingerprint density at radius 1 is 1.33 bits per heavy atom. The van der Waals surface area contributed by atoms with Crippen LogP contribution in [0.2, 0.25) is 5.02 Å². The minimum Gasteiger partial charge on any atom is -0.370 e. The molecule has 0 aromatic heterocycles. The van der Waals surface area contributed by atoms with Gasteiger partial charge >= 0.3 is 0 Å². The first kappa shape index (κ1) is 19.5. The third-order valence-corrected chi connectivity index (χ3v) is 5.04. The number of benzene rings is 1. The molecule has 0 saturated carbocycles. The van der Waals surface area contributed by atoms with Gasteiger partial charge in [-0.2, -0.15) is 0 Å². The van der Waals surface area contributed by atoms with E-state index in [0.717, 1.165) is 18.7 Å². The van der Waals surface area contributed by atoms with Crippen LogP contribution in [-0.4, -0.2) is 56.3 Å². The molecule has 0 bridgehead atoms. The molecule has 134 valence electrons. The average molecular weight is 375 g/mol. The van der Waals surface area contributed by atoms with E-state index in [9.17, 15) is 4.79 Å². The number of amides is 1. The Morgan fingerprint density at radius 3 is 2.62 bits per heavy atom. The molecule has 0 radical (unpaired) electrons. The quantitative estimate of drug-likeness (QED) is 0.882. The van der Waals surface area contributed by atoms with Crippen molar-refractivity contribution >= 4 is 29.9 Å². The maximum atomic E-state index is 13.0. The van der Waals surface area contributed by atoms with E-state index in [4.69, 9.17) is 21.1 Å². The van der Waals surface area contributed by atoms with Gasteiger partial charge in [0.1, 0.15) is 11.7 Å². The van der Waals surface area contributed by atoms with Crippen molar-refractivity contribution in [1.82, 2.24) is 10.2 Å². The van der Waals surface area contributed by atoms with Gasteiger partial charge in [0.2, 0.25) is 0 Å². The number of rotatable bonds is 3. The van der Waals surface area contributed by atoms with Crippen molar-refractivity contribution in [2.24, 2.45) is 0 Å². The zero-order valence-corrected chi connectivity index (χ0v) is 15.4. The predicted molar refractivity (Wildman–Crippen MR) is 95.8 cm³/mol. The topological polar surface area (TPSA) is 50.8 Å². The van der Waals surface area contributed by atoms with Crippen molar-refractivity contribution in [2.45, 2.75) is 24.5 Å². The summed E-state index contributed by atoms with van der Waals surface area (Å²) in [5, 5.41) is 3.98. The Kier molecular flexibility index (Phi) is 6.89. The number of carbonyl (C=O) groups excluding carboxylic acids is 1. The molecule has 5 nitrogen and oxygen atoms in total. The van der Waals surface area contributed by atoms with Crippen LogP contribution in [0, 0.1) is 0 Å². The molecule has 7 heteroatoms. The van der Waals surface area contributed by atoms with Crippen LogP contribution in [0.15, 0.2) is 24.3 Å². The third kappa shape index (κ3) is 4.03. The highest BCUT2D eigenvalue weighted by molar-refractivity contribution is 6.30. The first-order valence-electron chi connectivity index (χ1n) is 8.07. The second kappa shape index (κ2) is 8.50. The van der Waals surface area contributed by atoms with Crippen molar-refractivity contribution in [3.8, 4) is 0 Å². The van der Waals surface area contributed by atoms with Gasteiger partial charge in [0.15, 0.2) is 0 Å². The van der Waals surface area contributed by atoms with Gasteiger partial charge in [0, 0.05) is 18.7 Å². The summed E-state index contributed by atoms with van der Waals surface area (Å²) in [7, 11) is 1.64. The van der Waals surface area contributed by atoms with E-state index in [0.29, 0.717) is 37.6 Å². The highest BCUT2D eigenvalue weighted by Crippen LogP contribution is 2.29. The fourth-order valence-corrected chi connectivity index (χ4v) is 3.46. The van der Waals surface area contributed by atoms with Gasteiger partial charge in [0.05, 0.1) is 13.2 Å². The van der Waals surface area contributed by atoms with E-state index in [1.807, 2.05) is 29.2 Å². The largest absolute Gasteiger partial charge is 0.370 e. The van der Waals surface area contributed by atoms with E-state index in [-0.39, 0.29) is 24.4 Å². The number of hydrogen-bond acceptors (Lipinski definition) is 4. The van der Waals surface area contributed by atoms with Gasteiger partial charge in [0.25, 0.3) is 5.91 Å². The Labute approximate surface area is 154 Å². The van der Waals surface area contributed by atoms with Crippen LogP contribution in [-0.2, 0) is 14.3 Å². The highest BCUT2D eigenvalue weighted by Gasteiger charge is 2.43. The molecule has 1 aromatic rings. The molecule has 2 heterocycles. The maximum Gasteiger partial charge on any atom is 0.255 e. The Balaban J connectivity index is 0.00000208. The number of hydrogen-bond donors (Lipinski definition) is 1. The lowest BCUT2D eigenvalue weighted by Crippen LogP contribution is -2.57. The summed E-state index contributed by atoms with van der Waals surface area (Å²) in [6.07, 6.45) is 1.32. The van der Waals surface area contributed by atoms with E-state index in [2.05, 4.69) is 5.32 Å². The lowest BCUT2D eigenvalue weighted by atomic mass is 9.90.